The van der Waals surface area contributed by atoms with Crippen molar-refractivity contribution in [3.63, 3.8) is 0 Å². The number of nitrogens with zero attached hydrogens (tertiary/aromatic N) is 4. The van der Waals surface area contributed by atoms with Crippen molar-refractivity contribution in [3.05, 3.63) is 10.5 Å². The first-order valence-electron chi connectivity index (χ1n) is 7.30. The van der Waals surface area contributed by atoms with E-state index in [9.17, 15) is 0 Å². The van der Waals surface area contributed by atoms with Crippen LogP contribution < -0.4 is 0 Å². The lowest BCUT2D eigenvalue weighted by molar-refractivity contribution is 0.0428. The third-order valence-corrected chi connectivity index (χ3v) is 5.16. The van der Waals surface area contributed by atoms with Crippen LogP contribution in [-0.4, -0.2) is 43.9 Å². The number of aryl methyl sites for hydroxylation is 2. The van der Waals surface area contributed by atoms with Crippen molar-refractivity contribution in [1.29, 1.82) is 0 Å². The zero-order valence-corrected chi connectivity index (χ0v) is 13.5. The van der Waals surface area contributed by atoms with Crippen LogP contribution in [-0.2, 0) is 20.0 Å². The fourth-order valence-electron chi connectivity index (χ4n) is 3.30. The third-order valence-electron chi connectivity index (χ3n) is 4.84. The molecule has 2 aromatic heterocycles. The predicted molar refractivity (Wildman–Crippen MR) is 83.5 cm³/mol. The van der Waals surface area contributed by atoms with E-state index in [1.807, 2.05) is 11.7 Å². The van der Waals surface area contributed by atoms with E-state index in [-0.39, 0.29) is 5.54 Å². The van der Waals surface area contributed by atoms with Gasteiger partial charge in [0.25, 0.3) is 0 Å². The summed E-state index contributed by atoms with van der Waals surface area (Å²) in [6, 6.07) is 0. The van der Waals surface area contributed by atoms with Crippen LogP contribution >= 0.6 is 12.2 Å². The zero-order valence-electron chi connectivity index (χ0n) is 12.7. The summed E-state index contributed by atoms with van der Waals surface area (Å²) >= 11 is 5.55. The minimum atomic E-state index is 0.254. The van der Waals surface area contributed by atoms with Gasteiger partial charge in [0.15, 0.2) is 10.4 Å². The first-order valence-corrected chi connectivity index (χ1v) is 7.71. The van der Waals surface area contributed by atoms with Crippen LogP contribution in [0.3, 0.4) is 0 Å². The van der Waals surface area contributed by atoms with Crippen molar-refractivity contribution in [2.24, 2.45) is 7.05 Å². The molecule has 1 N–H and O–H groups in total. The highest BCUT2D eigenvalue weighted by Crippen LogP contribution is 2.38. The molecule has 3 rings (SSSR count). The van der Waals surface area contributed by atoms with Crippen LogP contribution in [0.1, 0.15) is 31.9 Å². The van der Waals surface area contributed by atoms with Gasteiger partial charge in [-0.25, -0.2) is 0 Å². The van der Waals surface area contributed by atoms with E-state index in [0.29, 0.717) is 0 Å². The van der Waals surface area contributed by atoms with Crippen LogP contribution in [0.15, 0.2) is 0 Å². The second kappa shape index (κ2) is 4.70. The lowest BCUT2D eigenvalue weighted by Gasteiger charge is -2.47. The number of hydrogen-bond donors (Lipinski definition) is 1. The minimum Gasteiger partial charge on any atom is -0.328 e. The number of rotatable bonds is 4. The first-order chi connectivity index (χ1) is 9.48. The molecule has 6 heteroatoms. The largest absolute Gasteiger partial charge is 0.328 e. The normalized spacial score (nSPS) is 17.9. The summed E-state index contributed by atoms with van der Waals surface area (Å²) in [5.41, 5.74) is 3.58. The number of fused-ring (bicyclic) bond motifs is 1. The molecule has 2 heterocycles. The maximum Gasteiger partial charge on any atom is 0.179 e. The van der Waals surface area contributed by atoms with E-state index in [0.717, 1.165) is 34.6 Å². The summed E-state index contributed by atoms with van der Waals surface area (Å²) in [4.78, 5) is 5.71. The quantitative estimate of drug-likeness (QED) is 0.881. The molecule has 1 aliphatic rings. The van der Waals surface area contributed by atoms with Gasteiger partial charge in [0, 0.05) is 19.1 Å². The van der Waals surface area contributed by atoms with Gasteiger partial charge in [-0.1, -0.05) is 6.92 Å². The number of hydrogen-bond acceptors (Lipinski definition) is 3. The molecule has 5 nitrogen and oxygen atoms in total. The minimum absolute atomic E-state index is 0.254. The SMILES string of the molecule is CCc1nn(C)c2c1[nH]c(=S)n2CC1(N(C)C)CCC1. The fraction of sp³-hybridized carbons (Fsp3) is 0.714. The molecular formula is C14H23N5S. The van der Waals surface area contributed by atoms with Gasteiger partial charge in [-0.15, -0.1) is 0 Å². The Morgan fingerprint density at radius 1 is 1.40 bits per heavy atom. The lowest BCUT2D eigenvalue weighted by atomic mass is 9.75. The highest BCUT2D eigenvalue weighted by Gasteiger charge is 2.40. The molecule has 0 bridgehead atoms. The van der Waals surface area contributed by atoms with Crippen molar-refractivity contribution in [2.45, 2.75) is 44.7 Å². The number of aromatic amines is 1. The molecule has 0 aliphatic heterocycles. The van der Waals surface area contributed by atoms with Crippen molar-refractivity contribution < 1.29 is 0 Å². The predicted octanol–water partition coefficient (Wildman–Crippen LogP) is 2.48. The Morgan fingerprint density at radius 2 is 2.10 bits per heavy atom. The van der Waals surface area contributed by atoms with Crippen LogP contribution in [0.2, 0.25) is 0 Å². The summed E-state index contributed by atoms with van der Waals surface area (Å²) < 4.78 is 5.01. The van der Waals surface area contributed by atoms with E-state index < -0.39 is 0 Å². The van der Waals surface area contributed by atoms with Gasteiger partial charge in [-0.05, 0) is 52.0 Å². The molecule has 0 spiro atoms. The van der Waals surface area contributed by atoms with Crippen molar-refractivity contribution in [3.8, 4) is 0 Å². The summed E-state index contributed by atoms with van der Waals surface area (Å²) in [7, 11) is 6.35. The molecule has 1 fully saturated rings. The Hall–Kier alpha value is -1.14. The first kappa shape index (κ1) is 13.8. The van der Waals surface area contributed by atoms with E-state index in [2.05, 4.69) is 40.6 Å². The van der Waals surface area contributed by atoms with Crippen molar-refractivity contribution >= 4 is 23.4 Å². The number of imidazole rings is 1. The van der Waals surface area contributed by atoms with Gasteiger partial charge in [0.1, 0.15) is 5.52 Å². The summed E-state index contributed by atoms with van der Waals surface area (Å²) in [5, 5.41) is 4.59. The molecule has 0 amide bonds. The molecule has 1 aliphatic carbocycles. The number of aromatic nitrogens is 4. The third kappa shape index (κ3) is 1.85. The molecule has 2 aromatic rings. The Kier molecular flexibility index (Phi) is 3.25. The highest BCUT2D eigenvalue weighted by molar-refractivity contribution is 7.71. The van der Waals surface area contributed by atoms with Gasteiger partial charge < -0.3 is 9.88 Å². The van der Waals surface area contributed by atoms with Gasteiger partial charge in [0.05, 0.1) is 5.69 Å². The molecule has 20 heavy (non-hydrogen) atoms. The standard InChI is InChI=1S/C14H23N5S/c1-5-10-11-12(18(4)16-10)19(13(20)15-11)9-14(17(2)3)7-6-8-14/h5-9H2,1-4H3,(H,15,20). The molecule has 0 aromatic carbocycles. The Morgan fingerprint density at radius 3 is 2.60 bits per heavy atom. The Labute approximate surface area is 124 Å². The van der Waals surface area contributed by atoms with Crippen LogP contribution in [0.4, 0.5) is 0 Å². The van der Waals surface area contributed by atoms with Gasteiger partial charge in [0.2, 0.25) is 0 Å². The number of nitrogens with one attached hydrogen (secondary N) is 1. The van der Waals surface area contributed by atoms with E-state index in [1.165, 1.54) is 19.3 Å². The van der Waals surface area contributed by atoms with Gasteiger partial charge >= 0.3 is 0 Å². The maximum atomic E-state index is 5.55. The molecule has 0 saturated heterocycles. The summed E-state index contributed by atoms with van der Waals surface area (Å²) in [6.45, 7) is 3.07. The fourth-order valence-corrected chi connectivity index (χ4v) is 3.55. The molecule has 1 saturated carbocycles. The smallest absolute Gasteiger partial charge is 0.179 e. The van der Waals surface area contributed by atoms with Gasteiger partial charge in [-0.2, -0.15) is 5.10 Å². The summed E-state index contributed by atoms with van der Waals surface area (Å²) in [5.74, 6) is 0. The number of likely N-dealkylation sites (N-methyl/N-ethyl adjacent to an activating group) is 1. The maximum absolute atomic E-state index is 5.55. The van der Waals surface area contributed by atoms with E-state index in [4.69, 9.17) is 12.2 Å². The molecular weight excluding hydrogens is 270 g/mol. The molecule has 0 radical (unpaired) electrons. The Balaban J connectivity index is 2.10. The topological polar surface area (TPSA) is 41.8 Å². The van der Waals surface area contributed by atoms with Crippen molar-refractivity contribution in [1.82, 2.24) is 24.2 Å². The zero-order chi connectivity index (χ0) is 14.5. The summed E-state index contributed by atoms with van der Waals surface area (Å²) in [6.07, 6.45) is 4.72. The van der Waals surface area contributed by atoms with Crippen LogP contribution in [0.25, 0.3) is 11.2 Å². The molecule has 110 valence electrons. The Bertz CT molecular complexity index is 686. The van der Waals surface area contributed by atoms with Gasteiger partial charge in [-0.3, -0.25) is 9.25 Å². The highest BCUT2D eigenvalue weighted by atomic mass is 32.1. The average Bonchev–Trinajstić information content (AvgIpc) is 2.81. The van der Waals surface area contributed by atoms with Crippen LogP contribution in [0, 0.1) is 4.77 Å². The second-order valence-corrected chi connectivity index (χ2v) is 6.50. The van der Waals surface area contributed by atoms with E-state index >= 15 is 0 Å². The van der Waals surface area contributed by atoms with Crippen LogP contribution in [0.5, 0.6) is 0 Å². The van der Waals surface area contributed by atoms with Crippen molar-refractivity contribution in [2.75, 3.05) is 14.1 Å². The monoisotopic (exact) mass is 293 g/mol. The molecule has 0 unspecified atom stereocenters. The lowest BCUT2D eigenvalue weighted by Crippen LogP contribution is -2.53. The van der Waals surface area contributed by atoms with E-state index in [1.54, 1.807) is 0 Å². The second-order valence-electron chi connectivity index (χ2n) is 6.11. The molecule has 0 atom stereocenters. The number of H-pyrrole nitrogens is 1. The average molecular weight is 293 g/mol.